The average molecular weight is 237 g/mol. The summed E-state index contributed by atoms with van der Waals surface area (Å²) in [5.74, 6) is 0.742. The highest BCUT2D eigenvalue weighted by Gasteiger charge is 2.23. The summed E-state index contributed by atoms with van der Waals surface area (Å²) in [7, 11) is 0. The van der Waals surface area contributed by atoms with E-state index in [1.165, 1.54) is 43.7 Å². The van der Waals surface area contributed by atoms with Gasteiger partial charge in [0, 0.05) is 23.8 Å². The van der Waals surface area contributed by atoms with Crippen LogP contribution in [-0.2, 0) is 6.42 Å². The van der Waals surface area contributed by atoms with E-state index >= 15 is 0 Å². The fraction of sp³-hybridized carbons (Fsp3) is 0.538. The summed E-state index contributed by atoms with van der Waals surface area (Å²) in [5.41, 5.74) is 2.65. The first-order valence-corrected chi connectivity index (χ1v) is 6.44. The van der Waals surface area contributed by atoms with Crippen molar-refractivity contribution in [2.45, 2.75) is 12.8 Å². The number of fused-ring (bicyclic) bond motifs is 1. The Morgan fingerprint density at radius 1 is 1.38 bits per heavy atom. The third-order valence-corrected chi connectivity index (χ3v) is 3.86. The van der Waals surface area contributed by atoms with Crippen LogP contribution in [0.25, 0.3) is 0 Å². The number of anilines is 1. The second-order valence-electron chi connectivity index (χ2n) is 4.91. The summed E-state index contributed by atoms with van der Waals surface area (Å²) in [6.45, 7) is 4.92. The molecule has 0 saturated carbocycles. The first-order chi connectivity index (χ1) is 7.81. The number of hydrogen-bond donors (Lipinski definition) is 1. The molecule has 3 rings (SSSR count). The van der Waals surface area contributed by atoms with Gasteiger partial charge in [0.15, 0.2) is 0 Å². The lowest BCUT2D eigenvalue weighted by atomic mass is 9.93. The zero-order valence-electron chi connectivity index (χ0n) is 9.38. The van der Waals surface area contributed by atoms with E-state index in [1.807, 2.05) is 6.07 Å². The Morgan fingerprint density at radius 3 is 3.00 bits per heavy atom. The molecule has 0 aliphatic carbocycles. The van der Waals surface area contributed by atoms with Crippen LogP contribution in [0.5, 0.6) is 0 Å². The molecular weight excluding hydrogens is 220 g/mol. The minimum absolute atomic E-state index is 0.742. The van der Waals surface area contributed by atoms with Crippen LogP contribution in [-0.4, -0.2) is 31.1 Å². The maximum atomic E-state index is 6.03. The topological polar surface area (TPSA) is 15.3 Å². The molecule has 16 heavy (non-hydrogen) atoms. The molecule has 86 valence electrons. The summed E-state index contributed by atoms with van der Waals surface area (Å²) < 4.78 is 0. The molecule has 2 aliphatic rings. The van der Waals surface area contributed by atoms with Crippen LogP contribution in [0, 0.1) is 5.92 Å². The Kier molecular flexibility index (Phi) is 2.78. The van der Waals surface area contributed by atoms with Crippen LogP contribution in [0.4, 0.5) is 5.69 Å². The number of halogens is 1. The van der Waals surface area contributed by atoms with Gasteiger partial charge in [0.1, 0.15) is 0 Å². The molecule has 1 aromatic rings. The highest BCUT2D eigenvalue weighted by molar-refractivity contribution is 6.30. The number of likely N-dealkylation sites (tertiary alicyclic amines) is 1. The molecule has 1 saturated heterocycles. The third kappa shape index (κ3) is 2.04. The van der Waals surface area contributed by atoms with Crippen LogP contribution < -0.4 is 5.32 Å². The normalized spacial score (nSPS) is 24.4. The molecule has 0 amide bonds. The van der Waals surface area contributed by atoms with Gasteiger partial charge in [0.2, 0.25) is 0 Å². The Morgan fingerprint density at radius 2 is 2.25 bits per heavy atom. The molecule has 1 N–H and O–H groups in total. The van der Waals surface area contributed by atoms with E-state index < -0.39 is 0 Å². The number of benzene rings is 1. The lowest BCUT2D eigenvalue weighted by Gasteiger charge is -2.36. The number of nitrogens with one attached hydrogen (secondary N) is 1. The van der Waals surface area contributed by atoms with E-state index in [2.05, 4.69) is 22.3 Å². The molecule has 0 spiro atoms. The van der Waals surface area contributed by atoms with E-state index in [-0.39, 0.29) is 0 Å². The minimum atomic E-state index is 0.742. The lowest BCUT2D eigenvalue weighted by Crippen LogP contribution is -2.43. The van der Waals surface area contributed by atoms with Crippen LogP contribution in [0.15, 0.2) is 18.2 Å². The number of nitrogens with zero attached hydrogens (tertiary/aromatic N) is 1. The van der Waals surface area contributed by atoms with Gasteiger partial charge in [0.25, 0.3) is 0 Å². The first-order valence-electron chi connectivity index (χ1n) is 6.06. The molecule has 0 radical (unpaired) electrons. The van der Waals surface area contributed by atoms with Crippen molar-refractivity contribution in [1.29, 1.82) is 0 Å². The molecule has 1 fully saturated rings. The quantitative estimate of drug-likeness (QED) is 0.849. The van der Waals surface area contributed by atoms with Crippen LogP contribution in [0.2, 0.25) is 5.02 Å². The molecule has 3 heteroatoms. The molecular formula is C13H17ClN2. The average Bonchev–Trinajstić information content (AvgIpc) is 2.23. The molecule has 2 aliphatic heterocycles. The van der Waals surface area contributed by atoms with Gasteiger partial charge in [-0.3, -0.25) is 0 Å². The number of rotatable bonds is 2. The SMILES string of the molecule is Clc1ccc2c(c1)CC(CN1CCC1)CN2. The molecule has 1 atom stereocenters. The summed E-state index contributed by atoms with van der Waals surface area (Å²) >= 11 is 6.03. The van der Waals surface area contributed by atoms with Crippen molar-refractivity contribution < 1.29 is 0 Å². The molecule has 2 heterocycles. The van der Waals surface area contributed by atoms with Gasteiger partial charge in [0.05, 0.1) is 0 Å². The highest BCUT2D eigenvalue weighted by Crippen LogP contribution is 2.28. The number of hydrogen-bond acceptors (Lipinski definition) is 2. The van der Waals surface area contributed by atoms with Crippen molar-refractivity contribution in [3.63, 3.8) is 0 Å². The van der Waals surface area contributed by atoms with E-state index in [0.29, 0.717) is 0 Å². The highest BCUT2D eigenvalue weighted by atomic mass is 35.5. The Hall–Kier alpha value is -0.730. The maximum Gasteiger partial charge on any atom is 0.0410 e. The zero-order valence-corrected chi connectivity index (χ0v) is 10.1. The van der Waals surface area contributed by atoms with Crippen LogP contribution >= 0.6 is 11.6 Å². The molecule has 0 bridgehead atoms. The Bertz CT molecular complexity index is 388. The predicted octanol–water partition coefficient (Wildman–Crippen LogP) is 2.63. The molecule has 2 nitrogen and oxygen atoms in total. The lowest BCUT2D eigenvalue weighted by molar-refractivity contribution is 0.154. The van der Waals surface area contributed by atoms with Gasteiger partial charge in [-0.05, 0) is 55.6 Å². The Balaban J connectivity index is 1.69. The predicted molar refractivity (Wildman–Crippen MR) is 68.2 cm³/mol. The first kappa shape index (κ1) is 10.4. The van der Waals surface area contributed by atoms with Gasteiger partial charge in [-0.1, -0.05) is 11.6 Å². The third-order valence-electron chi connectivity index (χ3n) is 3.62. The van der Waals surface area contributed by atoms with E-state index in [4.69, 9.17) is 11.6 Å². The van der Waals surface area contributed by atoms with Crippen LogP contribution in [0.1, 0.15) is 12.0 Å². The van der Waals surface area contributed by atoms with E-state index in [9.17, 15) is 0 Å². The maximum absolute atomic E-state index is 6.03. The summed E-state index contributed by atoms with van der Waals surface area (Å²) in [6, 6.07) is 6.16. The fourth-order valence-electron chi connectivity index (χ4n) is 2.60. The zero-order chi connectivity index (χ0) is 11.0. The van der Waals surface area contributed by atoms with Gasteiger partial charge in [-0.25, -0.2) is 0 Å². The second kappa shape index (κ2) is 4.27. The van der Waals surface area contributed by atoms with Crippen LogP contribution in [0.3, 0.4) is 0 Å². The molecule has 1 aromatic carbocycles. The smallest absolute Gasteiger partial charge is 0.0410 e. The van der Waals surface area contributed by atoms with Gasteiger partial charge < -0.3 is 10.2 Å². The van der Waals surface area contributed by atoms with Gasteiger partial charge in [-0.15, -0.1) is 0 Å². The van der Waals surface area contributed by atoms with Crippen molar-refractivity contribution in [2.24, 2.45) is 5.92 Å². The van der Waals surface area contributed by atoms with E-state index in [1.54, 1.807) is 0 Å². The minimum Gasteiger partial charge on any atom is -0.384 e. The standard InChI is InChI=1S/C13H17ClN2/c14-12-2-3-13-11(7-12)6-10(8-15-13)9-16-4-1-5-16/h2-3,7,10,15H,1,4-6,8-9H2. The monoisotopic (exact) mass is 236 g/mol. The Labute approximate surface area is 102 Å². The summed E-state index contributed by atoms with van der Waals surface area (Å²) in [6.07, 6.45) is 2.54. The largest absolute Gasteiger partial charge is 0.384 e. The summed E-state index contributed by atoms with van der Waals surface area (Å²) in [4.78, 5) is 2.54. The van der Waals surface area contributed by atoms with Gasteiger partial charge in [-0.2, -0.15) is 0 Å². The second-order valence-corrected chi connectivity index (χ2v) is 5.34. The van der Waals surface area contributed by atoms with Crippen molar-refractivity contribution in [3.05, 3.63) is 28.8 Å². The van der Waals surface area contributed by atoms with Crippen molar-refractivity contribution in [3.8, 4) is 0 Å². The van der Waals surface area contributed by atoms with Crippen molar-refractivity contribution >= 4 is 17.3 Å². The van der Waals surface area contributed by atoms with Crippen molar-refractivity contribution in [1.82, 2.24) is 4.90 Å². The van der Waals surface area contributed by atoms with E-state index in [0.717, 1.165) is 17.5 Å². The summed E-state index contributed by atoms with van der Waals surface area (Å²) in [5, 5.41) is 4.36. The molecule has 1 unspecified atom stereocenters. The van der Waals surface area contributed by atoms with Gasteiger partial charge >= 0.3 is 0 Å². The van der Waals surface area contributed by atoms with Crippen molar-refractivity contribution in [2.75, 3.05) is 31.5 Å². The fourth-order valence-corrected chi connectivity index (χ4v) is 2.79. The molecule has 0 aromatic heterocycles.